The zero-order valence-corrected chi connectivity index (χ0v) is 12.3. The number of nitrogens with zero attached hydrogens (tertiary/aromatic N) is 2. The number of aromatic amines is 2. The van der Waals surface area contributed by atoms with Crippen molar-refractivity contribution >= 4 is 23.2 Å². The Morgan fingerprint density at radius 1 is 0.870 bits per heavy atom. The van der Waals surface area contributed by atoms with Crippen LogP contribution in [0.4, 0.5) is 0 Å². The molecule has 2 N–H and O–H groups in total. The summed E-state index contributed by atoms with van der Waals surface area (Å²) in [4.78, 5) is 15.4. The topological polar surface area (TPSA) is 70.5 Å². The molecule has 0 spiro atoms. The number of nitrogens with one attached hydrogen (secondary N) is 2. The molecule has 3 aromatic heterocycles. The molecule has 0 aliphatic carbocycles. The smallest absolute Gasteiger partial charge is 0.174 e. The van der Waals surface area contributed by atoms with Crippen molar-refractivity contribution in [2.24, 2.45) is 0 Å². The van der Waals surface area contributed by atoms with Crippen molar-refractivity contribution < 1.29 is 4.42 Å². The molecule has 0 aliphatic heterocycles. The lowest BCUT2D eigenvalue weighted by Crippen LogP contribution is -1.77. The van der Waals surface area contributed by atoms with Gasteiger partial charge in [-0.1, -0.05) is 25.3 Å². The first-order valence-electron chi connectivity index (χ1n) is 7.18. The first-order valence-corrected chi connectivity index (χ1v) is 7.18. The van der Waals surface area contributed by atoms with E-state index in [1.54, 1.807) is 12.2 Å². The average molecular weight is 302 g/mol. The van der Waals surface area contributed by atoms with Crippen LogP contribution in [-0.4, -0.2) is 19.9 Å². The highest BCUT2D eigenvalue weighted by atomic mass is 16.3. The van der Waals surface area contributed by atoms with E-state index < -0.39 is 0 Å². The number of hydrogen-bond donors (Lipinski definition) is 2. The zero-order valence-electron chi connectivity index (χ0n) is 12.3. The number of aromatic nitrogens is 4. The van der Waals surface area contributed by atoms with Gasteiger partial charge in [0, 0.05) is 0 Å². The van der Waals surface area contributed by atoms with Crippen molar-refractivity contribution in [1.29, 1.82) is 0 Å². The number of H-pyrrole nitrogens is 2. The number of hydrogen-bond acceptors (Lipinski definition) is 3. The molecule has 0 fully saturated rings. The minimum absolute atomic E-state index is 0.636. The van der Waals surface area contributed by atoms with E-state index in [0.717, 1.165) is 22.4 Å². The summed E-state index contributed by atoms with van der Waals surface area (Å²) in [5.74, 6) is 2.62. The molecule has 0 unspecified atom stereocenters. The van der Waals surface area contributed by atoms with Gasteiger partial charge in [0.05, 0.1) is 22.4 Å². The Balaban J connectivity index is 1.75. The van der Waals surface area contributed by atoms with Crippen molar-refractivity contribution in [3.05, 3.63) is 60.9 Å². The molecule has 5 heteroatoms. The number of imidazole rings is 2. The van der Waals surface area contributed by atoms with Crippen LogP contribution in [0.5, 0.6) is 0 Å². The van der Waals surface area contributed by atoms with Gasteiger partial charge in [0.25, 0.3) is 0 Å². The summed E-state index contributed by atoms with van der Waals surface area (Å²) >= 11 is 0. The van der Waals surface area contributed by atoms with Crippen LogP contribution in [0.15, 0.2) is 54.0 Å². The molecular weight excluding hydrogens is 288 g/mol. The highest BCUT2D eigenvalue weighted by Gasteiger charge is 2.14. The Kier molecular flexibility index (Phi) is 2.98. The highest BCUT2D eigenvalue weighted by Crippen LogP contribution is 2.27. The molecule has 5 nitrogen and oxygen atoms in total. The summed E-state index contributed by atoms with van der Waals surface area (Å²) in [5, 5.41) is 0. The lowest BCUT2D eigenvalue weighted by molar-refractivity contribution is 0.589. The average Bonchev–Trinajstić information content (AvgIpc) is 3.29. The van der Waals surface area contributed by atoms with E-state index in [1.165, 1.54) is 0 Å². The third-order valence-corrected chi connectivity index (χ3v) is 3.62. The Bertz CT molecular complexity index is 960. The predicted molar refractivity (Wildman–Crippen MR) is 91.6 cm³/mol. The molecule has 0 bridgehead atoms. The van der Waals surface area contributed by atoms with Gasteiger partial charge in [-0.2, -0.15) is 0 Å². The van der Waals surface area contributed by atoms with Crippen molar-refractivity contribution in [2.45, 2.75) is 0 Å². The normalized spacial score (nSPS) is 11.0. The van der Waals surface area contributed by atoms with Gasteiger partial charge in [0.2, 0.25) is 0 Å². The molecule has 0 saturated heterocycles. The fourth-order valence-corrected chi connectivity index (χ4v) is 2.49. The van der Waals surface area contributed by atoms with Crippen molar-refractivity contribution in [2.75, 3.05) is 0 Å². The quantitative estimate of drug-likeness (QED) is 0.583. The molecule has 112 valence electrons. The maximum absolute atomic E-state index is 5.89. The van der Waals surface area contributed by atoms with Crippen LogP contribution in [0.25, 0.3) is 46.4 Å². The van der Waals surface area contributed by atoms with Gasteiger partial charge < -0.3 is 14.4 Å². The number of benzene rings is 1. The summed E-state index contributed by atoms with van der Waals surface area (Å²) in [6.07, 6.45) is 3.39. The minimum atomic E-state index is 0.636. The molecule has 4 rings (SSSR count). The highest BCUT2D eigenvalue weighted by molar-refractivity contribution is 5.78. The molecule has 4 aromatic rings. The molecule has 0 aliphatic rings. The van der Waals surface area contributed by atoms with E-state index in [4.69, 9.17) is 4.42 Å². The summed E-state index contributed by atoms with van der Waals surface area (Å²) in [6, 6.07) is 11.6. The van der Waals surface area contributed by atoms with Gasteiger partial charge in [-0.05, 0) is 36.4 Å². The van der Waals surface area contributed by atoms with Crippen LogP contribution >= 0.6 is 0 Å². The van der Waals surface area contributed by atoms with E-state index in [0.29, 0.717) is 23.2 Å². The van der Waals surface area contributed by atoms with E-state index in [-0.39, 0.29) is 0 Å². The molecule has 3 heterocycles. The van der Waals surface area contributed by atoms with Crippen molar-refractivity contribution in [3.8, 4) is 23.2 Å². The second kappa shape index (κ2) is 5.14. The van der Waals surface area contributed by atoms with Crippen LogP contribution in [0.3, 0.4) is 0 Å². The van der Waals surface area contributed by atoms with Crippen LogP contribution in [0, 0.1) is 0 Å². The predicted octanol–water partition coefficient (Wildman–Crippen LogP) is 4.50. The van der Waals surface area contributed by atoms with Gasteiger partial charge in [0.1, 0.15) is 0 Å². The van der Waals surface area contributed by atoms with Gasteiger partial charge in [-0.15, -0.1) is 0 Å². The van der Waals surface area contributed by atoms with Crippen LogP contribution in [0.2, 0.25) is 0 Å². The molecule has 23 heavy (non-hydrogen) atoms. The molecule has 0 saturated carbocycles. The van der Waals surface area contributed by atoms with Crippen molar-refractivity contribution in [1.82, 2.24) is 19.9 Å². The zero-order chi connectivity index (χ0) is 15.8. The monoisotopic (exact) mass is 302 g/mol. The van der Waals surface area contributed by atoms with Crippen LogP contribution in [-0.2, 0) is 0 Å². The number of fused-ring (bicyclic) bond motifs is 1. The van der Waals surface area contributed by atoms with Gasteiger partial charge >= 0.3 is 0 Å². The summed E-state index contributed by atoms with van der Waals surface area (Å²) in [6.45, 7) is 7.51. The largest absolute Gasteiger partial charge is 0.450 e. The Morgan fingerprint density at radius 3 is 2.26 bits per heavy atom. The Morgan fingerprint density at radius 2 is 1.61 bits per heavy atom. The first kappa shape index (κ1) is 13.3. The summed E-state index contributed by atoms with van der Waals surface area (Å²) < 4.78 is 5.89. The molecule has 0 radical (unpaired) electrons. The maximum atomic E-state index is 5.89. The van der Waals surface area contributed by atoms with E-state index in [1.807, 2.05) is 36.4 Å². The Labute approximate surface area is 132 Å². The summed E-state index contributed by atoms with van der Waals surface area (Å²) in [7, 11) is 0. The van der Waals surface area contributed by atoms with Crippen molar-refractivity contribution in [3.63, 3.8) is 0 Å². The second-order valence-electron chi connectivity index (χ2n) is 5.06. The third kappa shape index (κ3) is 2.19. The molecule has 1 aromatic carbocycles. The van der Waals surface area contributed by atoms with E-state index in [2.05, 4.69) is 33.1 Å². The SMILES string of the molecule is C=Cc1nc(-c2ccc(-c3nc4ccccc4[nH]3)o2)[nH]c1C=C. The first-order chi connectivity index (χ1) is 11.3. The van der Waals surface area contributed by atoms with E-state index in [9.17, 15) is 0 Å². The lowest BCUT2D eigenvalue weighted by atomic mass is 10.3. The van der Waals surface area contributed by atoms with E-state index >= 15 is 0 Å². The number of rotatable bonds is 4. The lowest BCUT2D eigenvalue weighted by Gasteiger charge is -1.91. The number of furan rings is 1. The summed E-state index contributed by atoms with van der Waals surface area (Å²) in [5.41, 5.74) is 3.44. The number of para-hydroxylation sites is 2. The molecule has 0 amide bonds. The van der Waals surface area contributed by atoms with Crippen LogP contribution in [0.1, 0.15) is 11.4 Å². The maximum Gasteiger partial charge on any atom is 0.174 e. The fraction of sp³-hybridized carbons (Fsp3) is 0. The Hall–Kier alpha value is -3.34. The second-order valence-corrected chi connectivity index (χ2v) is 5.06. The standard InChI is InChI=1S/C18H14N4O/c1-3-11-12(4-2)20-17(19-11)15-9-10-16(23-15)18-21-13-7-5-6-8-14(13)22-18/h3-10H,1-2H2,(H,19,20)(H,21,22). The van der Waals surface area contributed by atoms with Gasteiger partial charge in [-0.3, -0.25) is 0 Å². The molecule has 0 atom stereocenters. The van der Waals surface area contributed by atoms with Gasteiger partial charge in [-0.25, -0.2) is 9.97 Å². The third-order valence-electron chi connectivity index (χ3n) is 3.62. The van der Waals surface area contributed by atoms with Gasteiger partial charge in [0.15, 0.2) is 23.2 Å². The van der Waals surface area contributed by atoms with Crippen LogP contribution < -0.4 is 0 Å². The minimum Gasteiger partial charge on any atom is -0.450 e. The molecular formula is C18H14N4O. The fourth-order valence-electron chi connectivity index (χ4n) is 2.49.